The van der Waals surface area contributed by atoms with Crippen molar-refractivity contribution < 1.29 is 18.6 Å². The van der Waals surface area contributed by atoms with Crippen molar-refractivity contribution in [3.8, 4) is 0 Å². The largest absolute Gasteiger partial charge is 0.382 e. The van der Waals surface area contributed by atoms with Gasteiger partial charge in [-0.25, -0.2) is 4.39 Å². The molecule has 0 saturated heterocycles. The summed E-state index contributed by atoms with van der Waals surface area (Å²) in [5.74, 6) is -0.181. The van der Waals surface area contributed by atoms with Crippen LogP contribution in [0.1, 0.15) is 5.56 Å². The van der Waals surface area contributed by atoms with Crippen LogP contribution >= 0.6 is 0 Å². The Balaban J connectivity index is 1.85. The highest BCUT2D eigenvalue weighted by atomic mass is 19.1. The molecule has 0 atom stereocenters. The smallest absolute Gasteiger partial charge is 0.123 e. The number of ether oxygens (including phenoxy) is 3. The average Bonchev–Trinajstić information content (AvgIpc) is 2.45. The molecule has 0 saturated carbocycles. The lowest BCUT2D eigenvalue weighted by Gasteiger charge is -2.07. The molecule has 114 valence electrons. The quantitative estimate of drug-likeness (QED) is 0.593. The molecule has 0 spiro atoms. The van der Waals surface area contributed by atoms with Gasteiger partial charge in [0.15, 0.2) is 0 Å². The van der Waals surface area contributed by atoms with E-state index in [2.05, 4.69) is 5.32 Å². The number of methoxy groups -OCH3 is 1. The number of hydrogen-bond donors (Lipinski definition) is 1. The third-order valence-electron chi connectivity index (χ3n) is 2.71. The second kappa shape index (κ2) is 11.8. The summed E-state index contributed by atoms with van der Waals surface area (Å²) in [6, 6.07) is 6.69. The first-order valence-electron chi connectivity index (χ1n) is 6.92. The minimum Gasteiger partial charge on any atom is -0.382 e. The standard InChI is InChI=1S/C15H24FNO3/c1-18-9-10-20-12-11-19-8-7-17-6-5-14-3-2-4-15(16)13-14/h2-4,13,17H,5-12H2,1H3. The second-order valence-corrected chi connectivity index (χ2v) is 4.35. The van der Waals surface area contributed by atoms with Gasteiger partial charge >= 0.3 is 0 Å². The van der Waals surface area contributed by atoms with Gasteiger partial charge in [-0.1, -0.05) is 12.1 Å². The Morgan fingerprint density at radius 2 is 1.75 bits per heavy atom. The summed E-state index contributed by atoms with van der Waals surface area (Å²) in [6.45, 7) is 4.65. The van der Waals surface area contributed by atoms with Crippen molar-refractivity contribution in [3.05, 3.63) is 35.6 Å². The molecule has 0 aliphatic heterocycles. The fourth-order valence-corrected chi connectivity index (χ4v) is 1.66. The minimum absolute atomic E-state index is 0.181. The van der Waals surface area contributed by atoms with Gasteiger partial charge in [0, 0.05) is 13.7 Å². The molecular formula is C15H24FNO3. The van der Waals surface area contributed by atoms with Gasteiger partial charge in [0.2, 0.25) is 0 Å². The molecule has 0 heterocycles. The van der Waals surface area contributed by atoms with Gasteiger partial charge in [-0.15, -0.1) is 0 Å². The molecule has 0 fully saturated rings. The van der Waals surface area contributed by atoms with Crippen LogP contribution in [-0.4, -0.2) is 53.2 Å². The third-order valence-corrected chi connectivity index (χ3v) is 2.71. The Labute approximate surface area is 120 Å². The molecule has 1 N–H and O–H groups in total. The van der Waals surface area contributed by atoms with Gasteiger partial charge in [0.25, 0.3) is 0 Å². The van der Waals surface area contributed by atoms with Gasteiger partial charge in [0.05, 0.1) is 33.0 Å². The zero-order valence-electron chi connectivity index (χ0n) is 12.1. The highest BCUT2D eigenvalue weighted by molar-refractivity contribution is 5.16. The van der Waals surface area contributed by atoms with Crippen LogP contribution in [0.25, 0.3) is 0 Å². The van der Waals surface area contributed by atoms with Gasteiger partial charge in [0.1, 0.15) is 5.82 Å². The van der Waals surface area contributed by atoms with Crippen LogP contribution in [0.5, 0.6) is 0 Å². The molecule has 0 aromatic heterocycles. The molecular weight excluding hydrogens is 261 g/mol. The second-order valence-electron chi connectivity index (χ2n) is 4.35. The number of rotatable bonds is 12. The Kier molecular flexibility index (Phi) is 10.0. The molecule has 1 rings (SSSR count). The molecule has 5 heteroatoms. The Morgan fingerprint density at radius 1 is 1.00 bits per heavy atom. The molecule has 0 aliphatic rings. The van der Waals surface area contributed by atoms with E-state index in [1.807, 2.05) is 6.07 Å². The topological polar surface area (TPSA) is 39.7 Å². The lowest BCUT2D eigenvalue weighted by atomic mass is 10.1. The monoisotopic (exact) mass is 285 g/mol. The van der Waals surface area contributed by atoms with Crippen molar-refractivity contribution in [3.63, 3.8) is 0 Å². The van der Waals surface area contributed by atoms with Crippen molar-refractivity contribution in [2.45, 2.75) is 6.42 Å². The van der Waals surface area contributed by atoms with E-state index < -0.39 is 0 Å². The first kappa shape index (κ1) is 17.0. The zero-order chi connectivity index (χ0) is 14.5. The summed E-state index contributed by atoms with van der Waals surface area (Å²) in [5, 5.41) is 3.26. The maximum Gasteiger partial charge on any atom is 0.123 e. The number of hydrogen-bond acceptors (Lipinski definition) is 4. The van der Waals surface area contributed by atoms with Crippen LogP contribution in [0.2, 0.25) is 0 Å². The van der Waals surface area contributed by atoms with E-state index in [1.54, 1.807) is 19.2 Å². The summed E-state index contributed by atoms with van der Waals surface area (Å²) >= 11 is 0. The lowest BCUT2D eigenvalue weighted by Crippen LogP contribution is -2.23. The summed E-state index contributed by atoms with van der Waals surface area (Å²) in [6.07, 6.45) is 0.817. The maximum absolute atomic E-state index is 12.9. The fourth-order valence-electron chi connectivity index (χ4n) is 1.66. The lowest BCUT2D eigenvalue weighted by molar-refractivity contribution is 0.0256. The SMILES string of the molecule is COCCOCCOCCNCCc1cccc(F)c1. The van der Waals surface area contributed by atoms with Crippen molar-refractivity contribution in [2.75, 3.05) is 53.2 Å². The van der Waals surface area contributed by atoms with E-state index in [0.29, 0.717) is 33.0 Å². The number of halogens is 1. The molecule has 4 nitrogen and oxygen atoms in total. The Hall–Kier alpha value is -1.01. The predicted molar refractivity (Wildman–Crippen MR) is 76.5 cm³/mol. The Bertz CT molecular complexity index is 350. The fraction of sp³-hybridized carbons (Fsp3) is 0.600. The maximum atomic E-state index is 12.9. The number of benzene rings is 1. The molecule has 0 aliphatic carbocycles. The number of nitrogens with one attached hydrogen (secondary N) is 1. The minimum atomic E-state index is -0.181. The summed E-state index contributed by atoms with van der Waals surface area (Å²) in [7, 11) is 1.65. The van der Waals surface area contributed by atoms with Crippen molar-refractivity contribution in [1.82, 2.24) is 5.32 Å². The van der Waals surface area contributed by atoms with E-state index in [1.165, 1.54) is 6.07 Å². The predicted octanol–water partition coefficient (Wildman–Crippen LogP) is 1.64. The molecule has 1 aromatic carbocycles. The summed E-state index contributed by atoms with van der Waals surface area (Å²) < 4.78 is 28.5. The van der Waals surface area contributed by atoms with Crippen LogP contribution in [-0.2, 0) is 20.6 Å². The molecule has 0 amide bonds. The third kappa shape index (κ3) is 8.98. The highest BCUT2D eigenvalue weighted by Crippen LogP contribution is 2.03. The molecule has 1 aromatic rings. The molecule has 0 unspecified atom stereocenters. The van der Waals surface area contributed by atoms with E-state index in [0.717, 1.165) is 25.1 Å². The normalized spacial score (nSPS) is 10.9. The Morgan fingerprint density at radius 3 is 2.50 bits per heavy atom. The average molecular weight is 285 g/mol. The first-order valence-corrected chi connectivity index (χ1v) is 6.92. The van der Waals surface area contributed by atoms with Crippen LogP contribution in [0, 0.1) is 5.82 Å². The highest BCUT2D eigenvalue weighted by Gasteiger charge is 1.95. The van der Waals surface area contributed by atoms with Crippen LogP contribution < -0.4 is 5.32 Å². The van der Waals surface area contributed by atoms with Crippen LogP contribution in [0.15, 0.2) is 24.3 Å². The molecule has 20 heavy (non-hydrogen) atoms. The van der Waals surface area contributed by atoms with Crippen molar-refractivity contribution in [2.24, 2.45) is 0 Å². The molecule has 0 radical (unpaired) electrons. The first-order chi connectivity index (χ1) is 9.83. The summed E-state index contributed by atoms with van der Waals surface area (Å²) in [5.41, 5.74) is 1.00. The van der Waals surface area contributed by atoms with Crippen LogP contribution in [0.4, 0.5) is 4.39 Å². The zero-order valence-corrected chi connectivity index (χ0v) is 12.1. The molecule has 0 bridgehead atoms. The van der Waals surface area contributed by atoms with Gasteiger partial charge in [-0.3, -0.25) is 0 Å². The van der Waals surface area contributed by atoms with E-state index in [-0.39, 0.29) is 5.82 Å². The van der Waals surface area contributed by atoms with Crippen molar-refractivity contribution >= 4 is 0 Å². The van der Waals surface area contributed by atoms with Gasteiger partial charge in [-0.2, -0.15) is 0 Å². The van der Waals surface area contributed by atoms with Gasteiger partial charge in [-0.05, 0) is 30.7 Å². The van der Waals surface area contributed by atoms with Crippen LogP contribution in [0.3, 0.4) is 0 Å². The van der Waals surface area contributed by atoms with Gasteiger partial charge < -0.3 is 19.5 Å². The summed E-state index contributed by atoms with van der Waals surface area (Å²) in [4.78, 5) is 0. The van der Waals surface area contributed by atoms with E-state index in [4.69, 9.17) is 14.2 Å². The van der Waals surface area contributed by atoms with E-state index >= 15 is 0 Å². The van der Waals surface area contributed by atoms with Crippen molar-refractivity contribution in [1.29, 1.82) is 0 Å². The van der Waals surface area contributed by atoms with E-state index in [9.17, 15) is 4.39 Å².